The Morgan fingerprint density at radius 2 is 2.17 bits per heavy atom. The number of esters is 1. The summed E-state index contributed by atoms with van der Waals surface area (Å²) >= 11 is 4.92. The lowest BCUT2D eigenvalue weighted by Gasteiger charge is -2.15. The highest BCUT2D eigenvalue weighted by Gasteiger charge is 2.34. The molecule has 0 spiro atoms. The minimum atomic E-state index is -0.377. The van der Waals surface area contributed by atoms with E-state index in [0.717, 1.165) is 10.4 Å². The number of carbonyl (C=O) groups excluding carboxylic acids is 2. The average Bonchev–Trinajstić information content (AvgIpc) is 2.79. The molecule has 0 bridgehead atoms. The number of carbonyl (C=O) groups is 2. The normalized spacial score (nSPS) is 19.4. The summed E-state index contributed by atoms with van der Waals surface area (Å²) in [7, 11) is 1.36. The second-order valence-corrected chi connectivity index (χ2v) is 6.76. The highest BCUT2D eigenvalue weighted by Crippen LogP contribution is 2.38. The second kappa shape index (κ2) is 5.01. The number of hydrogen-bond donors (Lipinski definition) is 0. The summed E-state index contributed by atoms with van der Waals surface area (Å²) in [6.07, 6.45) is 0.469. The molecule has 1 fully saturated rings. The van der Waals surface area contributed by atoms with Gasteiger partial charge in [-0.25, -0.2) is 4.79 Å². The summed E-state index contributed by atoms with van der Waals surface area (Å²) in [5, 5.41) is 0.712. The average molecular weight is 332 g/mol. The zero-order chi connectivity index (χ0) is 13.4. The molecule has 0 aliphatic carbocycles. The van der Waals surface area contributed by atoms with Gasteiger partial charge in [0.25, 0.3) is 0 Å². The van der Waals surface area contributed by atoms with Crippen LogP contribution >= 0.6 is 27.3 Å². The SMILES string of the molecule is COC(=O)c1c(N2CC(Br)CC2=O)sc(C)c1C. The number of anilines is 1. The number of alkyl halides is 1. The van der Waals surface area contributed by atoms with E-state index in [4.69, 9.17) is 4.74 Å². The first-order chi connectivity index (χ1) is 8.45. The van der Waals surface area contributed by atoms with Gasteiger partial charge in [-0.05, 0) is 19.4 Å². The fourth-order valence-corrected chi connectivity index (χ4v) is 3.74. The van der Waals surface area contributed by atoms with Gasteiger partial charge < -0.3 is 9.64 Å². The van der Waals surface area contributed by atoms with Crippen molar-refractivity contribution in [1.29, 1.82) is 0 Å². The van der Waals surface area contributed by atoms with E-state index in [1.165, 1.54) is 18.4 Å². The summed E-state index contributed by atoms with van der Waals surface area (Å²) in [6, 6.07) is 0. The first-order valence-corrected chi connectivity index (χ1v) is 7.31. The molecule has 0 N–H and O–H groups in total. The number of halogens is 1. The van der Waals surface area contributed by atoms with E-state index in [1.54, 1.807) is 4.90 Å². The second-order valence-electron chi connectivity index (χ2n) is 4.26. The molecule has 0 aromatic carbocycles. The molecule has 6 heteroatoms. The Morgan fingerprint density at radius 1 is 1.50 bits per heavy atom. The summed E-state index contributed by atoms with van der Waals surface area (Å²) < 4.78 is 4.81. The molecule has 1 aromatic rings. The lowest BCUT2D eigenvalue weighted by Crippen LogP contribution is -2.25. The molecule has 1 saturated heterocycles. The predicted octanol–water partition coefficient (Wildman–Crippen LogP) is 2.65. The molecule has 2 heterocycles. The van der Waals surface area contributed by atoms with Crippen molar-refractivity contribution in [3.8, 4) is 0 Å². The zero-order valence-corrected chi connectivity index (χ0v) is 12.9. The van der Waals surface area contributed by atoms with Crippen molar-refractivity contribution >= 4 is 44.1 Å². The molecule has 1 aromatic heterocycles. The van der Waals surface area contributed by atoms with Gasteiger partial charge >= 0.3 is 5.97 Å². The lowest BCUT2D eigenvalue weighted by molar-refractivity contribution is -0.116. The number of hydrogen-bond acceptors (Lipinski definition) is 4. The first-order valence-electron chi connectivity index (χ1n) is 5.58. The molecule has 18 heavy (non-hydrogen) atoms. The Labute approximate surface area is 118 Å². The van der Waals surface area contributed by atoms with Gasteiger partial charge in [0, 0.05) is 22.7 Å². The van der Waals surface area contributed by atoms with Crippen LogP contribution in [0.5, 0.6) is 0 Å². The zero-order valence-electron chi connectivity index (χ0n) is 10.4. The van der Waals surface area contributed by atoms with E-state index in [1.807, 2.05) is 13.8 Å². The summed E-state index contributed by atoms with van der Waals surface area (Å²) in [5.74, 6) is -0.332. The van der Waals surface area contributed by atoms with Gasteiger partial charge in [-0.3, -0.25) is 4.79 Å². The van der Waals surface area contributed by atoms with Crippen molar-refractivity contribution < 1.29 is 14.3 Å². The van der Waals surface area contributed by atoms with Crippen LogP contribution in [0.2, 0.25) is 0 Å². The first kappa shape index (κ1) is 13.5. The Morgan fingerprint density at radius 3 is 2.67 bits per heavy atom. The fourth-order valence-electron chi connectivity index (χ4n) is 2.00. The van der Waals surface area contributed by atoms with E-state index >= 15 is 0 Å². The largest absolute Gasteiger partial charge is 0.465 e. The van der Waals surface area contributed by atoms with Crippen LogP contribution in [0.1, 0.15) is 27.2 Å². The third-order valence-electron chi connectivity index (χ3n) is 3.08. The number of nitrogens with zero attached hydrogens (tertiary/aromatic N) is 1. The number of ether oxygens (including phenoxy) is 1. The number of amides is 1. The van der Waals surface area contributed by atoms with Crippen LogP contribution in [0.25, 0.3) is 0 Å². The third kappa shape index (κ3) is 2.19. The fraction of sp³-hybridized carbons (Fsp3) is 0.500. The van der Waals surface area contributed by atoms with Gasteiger partial charge in [0.15, 0.2) is 0 Å². The Kier molecular flexibility index (Phi) is 3.77. The third-order valence-corrected chi connectivity index (χ3v) is 4.92. The number of methoxy groups -OCH3 is 1. The van der Waals surface area contributed by atoms with Crippen LogP contribution in [0.4, 0.5) is 5.00 Å². The van der Waals surface area contributed by atoms with Crippen molar-refractivity contribution in [1.82, 2.24) is 0 Å². The standard InChI is InChI=1S/C12H14BrNO3S/c1-6-7(2)18-11(10(6)12(16)17-3)14-5-8(13)4-9(14)15/h8H,4-5H2,1-3H3. The molecule has 1 atom stereocenters. The molecule has 98 valence electrons. The van der Waals surface area contributed by atoms with Crippen molar-refractivity contribution in [3.63, 3.8) is 0 Å². The van der Waals surface area contributed by atoms with Crippen LogP contribution in [0.15, 0.2) is 0 Å². The van der Waals surface area contributed by atoms with Crippen molar-refractivity contribution in [3.05, 3.63) is 16.0 Å². The number of thiophene rings is 1. The minimum absolute atomic E-state index is 0.0447. The maximum atomic E-state index is 11.9. The highest BCUT2D eigenvalue weighted by molar-refractivity contribution is 9.09. The van der Waals surface area contributed by atoms with Crippen LogP contribution < -0.4 is 4.90 Å². The summed E-state index contributed by atoms with van der Waals surface area (Å²) in [6.45, 7) is 4.43. The highest BCUT2D eigenvalue weighted by atomic mass is 79.9. The Bertz CT molecular complexity index is 512. The van der Waals surface area contributed by atoms with Crippen molar-refractivity contribution in [2.75, 3.05) is 18.6 Å². The Balaban J connectivity index is 2.48. The van der Waals surface area contributed by atoms with E-state index in [2.05, 4.69) is 15.9 Å². The predicted molar refractivity (Wildman–Crippen MR) is 74.8 cm³/mol. The molecule has 0 saturated carbocycles. The minimum Gasteiger partial charge on any atom is -0.465 e. The van der Waals surface area contributed by atoms with Gasteiger partial charge in [-0.2, -0.15) is 0 Å². The van der Waals surface area contributed by atoms with Gasteiger partial charge in [0.1, 0.15) is 5.00 Å². The topological polar surface area (TPSA) is 46.6 Å². The van der Waals surface area contributed by atoms with Gasteiger partial charge in [0.2, 0.25) is 5.91 Å². The monoisotopic (exact) mass is 331 g/mol. The smallest absolute Gasteiger partial charge is 0.341 e. The molecule has 2 rings (SSSR count). The molecule has 1 unspecified atom stereocenters. The van der Waals surface area contributed by atoms with E-state index < -0.39 is 0 Å². The summed E-state index contributed by atoms with van der Waals surface area (Å²) in [5.41, 5.74) is 1.42. The van der Waals surface area contributed by atoms with E-state index in [-0.39, 0.29) is 16.7 Å². The number of aryl methyl sites for hydroxylation is 1. The maximum absolute atomic E-state index is 11.9. The van der Waals surface area contributed by atoms with Crippen LogP contribution in [0.3, 0.4) is 0 Å². The lowest BCUT2D eigenvalue weighted by atomic mass is 10.1. The molecular weight excluding hydrogens is 318 g/mol. The van der Waals surface area contributed by atoms with Gasteiger partial charge in [-0.15, -0.1) is 11.3 Å². The molecule has 4 nitrogen and oxygen atoms in total. The van der Waals surface area contributed by atoms with Gasteiger partial charge in [-0.1, -0.05) is 15.9 Å². The van der Waals surface area contributed by atoms with Crippen LogP contribution in [-0.4, -0.2) is 30.4 Å². The molecule has 1 aliphatic heterocycles. The number of rotatable bonds is 2. The Hall–Kier alpha value is -0.880. The molecular formula is C12H14BrNO3S. The maximum Gasteiger partial charge on any atom is 0.341 e. The quantitative estimate of drug-likeness (QED) is 0.618. The van der Waals surface area contributed by atoms with Gasteiger partial charge in [0.05, 0.1) is 12.7 Å². The van der Waals surface area contributed by atoms with E-state index in [0.29, 0.717) is 23.5 Å². The summed E-state index contributed by atoms with van der Waals surface area (Å²) in [4.78, 5) is 26.6. The van der Waals surface area contributed by atoms with Crippen molar-refractivity contribution in [2.24, 2.45) is 0 Å². The van der Waals surface area contributed by atoms with Crippen LogP contribution in [0, 0.1) is 13.8 Å². The van der Waals surface area contributed by atoms with Crippen LogP contribution in [-0.2, 0) is 9.53 Å². The van der Waals surface area contributed by atoms with Crippen molar-refractivity contribution in [2.45, 2.75) is 25.1 Å². The molecule has 0 radical (unpaired) electrons. The van der Waals surface area contributed by atoms with E-state index in [9.17, 15) is 9.59 Å². The molecule has 1 aliphatic rings. The molecule has 1 amide bonds.